The van der Waals surface area contributed by atoms with Crippen molar-refractivity contribution >= 4 is 21.6 Å². The van der Waals surface area contributed by atoms with Crippen molar-refractivity contribution < 1.29 is 4.42 Å². The predicted molar refractivity (Wildman–Crippen MR) is 50.3 cm³/mol. The summed E-state index contributed by atoms with van der Waals surface area (Å²) < 4.78 is 5.89. The molecule has 0 aliphatic heterocycles. The standard InChI is InChI=1S/C8H7NO3S/c1-4-3-5-6(10)9(2)8(11)12-7(5)13-4/h3H,1-2H3. The van der Waals surface area contributed by atoms with Crippen molar-refractivity contribution in [3.05, 3.63) is 31.8 Å². The third-order valence-corrected chi connectivity index (χ3v) is 2.74. The zero-order chi connectivity index (χ0) is 9.59. The van der Waals surface area contributed by atoms with Crippen molar-refractivity contribution in [3.8, 4) is 0 Å². The van der Waals surface area contributed by atoms with Gasteiger partial charge in [0, 0.05) is 11.9 Å². The number of fused-ring (bicyclic) bond motifs is 1. The van der Waals surface area contributed by atoms with Gasteiger partial charge >= 0.3 is 5.76 Å². The largest absolute Gasteiger partial charge is 0.422 e. The SMILES string of the molecule is Cc1cc2c(=O)n(C)c(=O)oc2s1. The Labute approximate surface area is 77.0 Å². The number of hydrogen-bond donors (Lipinski definition) is 0. The fourth-order valence-corrected chi connectivity index (χ4v) is 1.97. The van der Waals surface area contributed by atoms with E-state index in [9.17, 15) is 9.59 Å². The first kappa shape index (κ1) is 8.25. The Bertz CT molecular complexity index is 575. The van der Waals surface area contributed by atoms with Crippen LogP contribution >= 0.6 is 11.3 Å². The van der Waals surface area contributed by atoms with Crippen LogP contribution in [-0.2, 0) is 7.05 Å². The molecule has 0 amide bonds. The van der Waals surface area contributed by atoms with Crippen LogP contribution in [0.15, 0.2) is 20.1 Å². The van der Waals surface area contributed by atoms with Crippen molar-refractivity contribution in [1.82, 2.24) is 4.57 Å². The quantitative estimate of drug-likeness (QED) is 0.629. The summed E-state index contributed by atoms with van der Waals surface area (Å²) in [6.45, 7) is 1.87. The summed E-state index contributed by atoms with van der Waals surface area (Å²) in [6, 6.07) is 1.73. The minimum absolute atomic E-state index is 0.296. The second-order valence-electron chi connectivity index (χ2n) is 2.79. The average Bonchev–Trinajstić information content (AvgIpc) is 2.42. The topological polar surface area (TPSA) is 52.2 Å². The van der Waals surface area contributed by atoms with Crippen molar-refractivity contribution in [3.63, 3.8) is 0 Å². The Balaban J connectivity index is 3.10. The highest BCUT2D eigenvalue weighted by Crippen LogP contribution is 2.20. The smallest absolute Gasteiger partial charge is 0.398 e. The van der Waals surface area contributed by atoms with E-state index in [2.05, 4.69) is 0 Å². The molecule has 68 valence electrons. The minimum Gasteiger partial charge on any atom is -0.398 e. The summed E-state index contributed by atoms with van der Waals surface area (Å²) in [5.41, 5.74) is -0.296. The third kappa shape index (κ3) is 1.12. The Hall–Kier alpha value is -1.36. The fourth-order valence-electron chi connectivity index (χ4n) is 1.13. The number of aryl methyl sites for hydroxylation is 1. The van der Waals surface area contributed by atoms with E-state index in [0.29, 0.717) is 10.3 Å². The molecule has 13 heavy (non-hydrogen) atoms. The summed E-state index contributed by atoms with van der Waals surface area (Å²) in [7, 11) is 1.40. The molecule has 0 fully saturated rings. The highest BCUT2D eigenvalue weighted by atomic mass is 32.1. The lowest BCUT2D eigenvalue weighted by Crippen LogP contribution is -2.28. The van der Waals surface area contributed by atoms with Crippen molar-refractivity contribution in [1.29, 1.82) is 0 Å². The maximum absolute atomic E-state index is 11.5. The molecule has 0 unspecified atom stereocenters. The van der Waals surface area contributed by atoms with Gasteiger partial charge in [0.15, 0.2) is 4.90 Å². The van der Waals surface area contributed by atoms with Crippen LogP contribution in [0.3, 0.4) is 0 Å². The van der Waals surface area contributed by atoms with E-state index in [1.807, 2.05) is 6.92 Å². The van der Waals surface area contributed by atoms with Crippen LogP contribution in [0.2, 0.25) is 0 Å². The molecular weight excluding hydrogens is 190 g/mol. The van der Waals surface area contributed by atoms with Crippen molar-refractivity contribution in [2.75, 3.05) is 0 Å². The molecule has 4 nitrogen and oxygen atoms in total. The maximum Gasteiger partial charge on any atom is 0.422 e. The van der Waals surface area contributed by atoms with Gasteiger partial charge < -0.3 is 4.42 Å². The first-order valence-corrected chi connectivity index (χ1v) is 4.51. The fraction of sp³-hybridized carbons (Fsp3) is 0.250. The molecular formula is C8H7NO3S. The van der Waals surface area contributed by atoms with Gasteiger partial charge in [-0.25, -0.2) is 9.36 Å². The van der Waals surface area contributed by atoms with E-state index in [4.69, 9.17) is 4.42 Å². The average molecular weight is 197 g/mol. The Morgan fingerprint density at radius 2 is 2.15 bits per heavy atom. The lowest BCUT2D eigenvalue weighted by molar-refractivity contribution is 0.490. The molecule has 0 radical (unpaired) electrons. The van der Waals surface area contributed by atoms with Gasteiger partial charge in [-0.2, -0.15) is 0 Å². The van der Waals surface area contributed by atoms with Gasteiger partial charge in [-0.05, 0) is 13.0 Å². The van der Waals surface area contributed by atoms with Gasteiger partial charge in [0.2, 0.25) is 0 Å². The van der Waals surface area contributed by atoms with Crippen LogP contribution in [0.25, 0.3) is 10.3 Å². The van der Waals surface area contributed by atoms with E-state index < -0.39 is 5.76 Å². The maximum atomic E-state index is 11.5. The van der Waals surface area contributed by atoms with E-state index >= 15 is 0 Å². The second-order valence-corrected chi connectivity index (χ2v) is 4.01. The van der Waals surface area contributed by atoms with E-state index in [1.54, 1.807) is 6.07 Å². The molecule has 5 heteroatoms. The summed E-state index contributed by atoms with van der Waals surface area (Å²) in [4.78, 5) is 23.9. The molecule has 2 rings (SSSR count). The Morgan fingerprint density at radius 1 is 1.46 bits per heavy atom. The molecule has 2 aromatic heterocycles. The summed E-state index contributed by atoms with van der Waals surface area (Å²) >= 11 is 1.31. The third-order valence-electron chi connectivity index (χ3n) is 1.81. The predicted octanol–water partition coefficient (Wildman–Crippen LogP) is 0.862. The molecule has 0 aliphatic rings. The molecule has 0 aliphatic carbocycles. The lowest BCUT2D eigenvalue weighted by atomic mass is 10.4. The molecule has 0 saturated heterocycles. The highest BCUT2D eigenvalue weighted by Gasteiger charge is 2.08. The number of aromatic nitrogens is 1. The van der Waals surface area contributed by atoms with Crippen molar-refractivity contribution in [2.45, 2.75) is 6.92 Å². The number of nitrogens with zero attached hydrogens (tertiary/aromatic N) is 1. The number of hydrogen-bond acceptors (Lipinski definition) is 4. The van der Waals surface area contributed by atoms with Crippen LogP contribution in [0, 0.1) is 6.92 Å². The minimum atomic E-state index is -0.612. The molecule has 0 spiro atoms. The summed E-state index contributed by atoms with van der Waals surface area (Å²) in [5, 5.41) is 0.476. The molecule has 0 saturated carbocycles. The van der Waals surface area contributed by atoms with Gasteiger partial charge in [0.25, 0.3) is 5.56 Å². The summed E-state index contributed by atoms with van der Waals surface area (Å²) in [5.74, 6) is -0.612. The monoisotopic (exact) mass is 197 g/mol. The van der Waals surface area contributed by atoms with Gasteiger partial charge in [-0.1, -0.05) is 0 Å². The van der Waals surface area contributed by atoms with Gasteiger partial charge in [0.1, 0.15) is 0 Å². The van der Waals surface area contributed by atoms with Crippen LogP contribution in [0.4, 0.5) is 0 Å². The normalized spacial score (nSPS) is 10.9. The van der Waals surface area contributed by atoms with Gasteiger partial charge in [0.05, 0.1) is 5.39 Å². The first-order valence-electron chi connectivity index (χ1n) is 3.70. The molecule has 0 N–H and O–H groups in total. The van der Waals surface area contributed by atoms with E-state index in [1.165, 1.54) is 18.4 Å². The van der Waals surface area contributed by atoms with Gasteiger partial charge in [-0.15, -0.1) is 11.3 Å². The molecule has 0 aromatic carbocycles. The highest BCUT2D eigenvalue weighted by molar-refractivity contribution is 7.18. The van der Waals surface area contributed by atoms with Crippen LogP contribution in [-0.4, -0.2) is 4.57 Å². The van der Waals surface area contributed by atoms with Crippen LogP contribution < -0.4 is 11.3 Å². The van der Waals surface area contributed by atoms with Crippen molar-refractivity contribution in [2.24, 2.45) is 7.05 Å². The lowest BCUT2D eigenvalue weighted by Gasteiger charge is -1.92. The summed E-state index contributed by atoms with van der Waals surface area (Å²) in [6.07, 6.45) is 0. The molecule has 2 aromatic rings. The number of rotatable bonds is 0. The van der Waals surface area contributed by atoms with E-state index in [-0.39, 0.29) is 5.56 Å². The zero-order valence-corrected chi connectivity index (χ0v) is 7.97. The van der Waals surface area contributed by atoms with Crippen LogP contribution in [0.5, 0.6) is 0 Å². The Morgan fingerprint density at radius 3 is 2.85 bits per heavy atom. The Kier molecular flexibility index (Phi) is 1.63. The second kappa shape index (κ2) is 2.56. The molecule has 2 heterocycles. The first-order chi connectivity index (χ1) is 6.09. The zero-order valence-electron chi connectivity index (χ0n) is 7.16. The molecule has 0 atom stereocenters. The number of thiophene rings is 1. The van der Waals surface area contributed by atoms with Crippen LogP contribution in [0.1, 0.15) is 4.88 Å². The van der Waals surface area contributed by atoms with E-state index in [0.717, 1.165) is 9.44 Å². The molecule has 0 bridgehead atoms. The van der Waals surface area contributed by atoms with Gasteiger partial charge in [-0.3, -0.25) is 4.79 Å².